The lowest BCUT2D eigenvalue weighted by molar-refractivity contribution is 1.37. The van der Waals surface area contributed by atoms with Gasteiger partial charge in [-0.1, -0.05) is 152 Å². The first-order chi connectivity index (χ1) is 24.8. The smallest absolute Gasteiger partial charge is 0.0972 e. The van der Waals surface area contributed by atoms with E-state index in [0.717, 1.165) is 33.1 Å². The Kier molecular flexibility index (Phi) is 6.53. The first-order valence-corrected chi connectivity index (χ1v) is 17.1. The average Bonchev–Trinajstić information content (AvgIpc) is 3.19. The molecule has 0 N–H and O–H groups in total. The Morgan fingerprint density at radius 3 is 1.70 bits per heavy atom. The van der Waals surface area contributed by atoms with Crippen LogP contribution in [0.2, 0.25) is 0 Å². The van der Waals surface area contributed by atoms with Gasteiger partial charge >= 0.3 is 0 Å². The van der Waals surface area contributed by atoms with E-state index in [2.05, 4.69) is 175 Å². The van der Waals surface area contributed by atoms with Gasteiger partial charge in [0.15, 0.2) is 0 Å². The normalized spacial score (nSPS) is 11.6. The number of rotatable bonds is 4. The van der Waals surface area contributed by atoms with Gasteiger partial charge in [0, 0.05) is 22.5 Å². The number of aromatic nitrogens is 2. The number of benzene rings is 8. The van der Waals surface area contributed by atoms with Crippen LogP contribution in [0.1, 0.15) is 0 Å². The first-order valence-electron chi connectivity index (χ1n) is 17.1. The van der Waals surface area contributed by atoms with Crippen molar-refractivity contribution in [1.29, 1.82) is 0 Å². The molecule has 0 saturated heterocycles. The summed E-state index contributed by atoms with van der Waals surface area (Å²) in [7, 11) is 0. The highest BCUT2D eigenvalue weighted by atomic mass is 14.7. The van der Waals surface area contributed by atoms with Crippen LogP contribution in [0.25, 0.3) is 98.8 Å². The van der Waals surface area contributed by atoms with Crippen LogP contribution in [0, 0.1) is 0 Å². The predicted octanol–water partition coefficient (Wildman–Crippen LogP) is 12.9. The van der Waals surface area contributed by atoms with Crippen molar-refractivity contribution in [2.45, 2.75) is 0 Å². The van der Waals surface area contributed by atoms with E-state index < -0.39 is 0 Å². The van der Waals surface area contributed by atoms with Crippen LogP contribution in [0.5, 0.6) is 0 Å². The summed E-state index contributed by atoms with van der Waals surface area (Å²) in [4.78, 5) is 9.79. The van der Waals surface area contributed by atoms with Gasteiger partial charge in [-0.25, -0.2) is 4.98 Å². The quantitative estimate of drug-likeness (QED) is 0.142. The Morgan fingerprint density at radius 2 is 0.880 bits per heavy atom. The lowest BCUT2D eigenvalue weighted by Crippen LogP contribution is -1.92. The van der Waals surface area contributed by atoms with Crippen molar-refractivity contribution in [1.82, 2.24) is 9.97 Å². The summed E-state index contributed by atoms with van der Waals surface area (Å²) >= 11 is 0. The van der Waals surface area contributed by atoms with E-state index in [4.69, 9.17) is 4.98 Å². The zero-order valence-corrected chi connectivity index (χ0v) is 27.2. The van der Waals surface area contributed by atoms with Gasteiger partial charge in [-0.3, -0.25) is 4.98 Å². The molecule has 0 aliphatic heterocycles. The van der Waals surface area contributed by atoms with Gasteiger partial charge < -0.3 is 0 Å². The molecule has 2 aromatic heterocycles. The van der Waals surface area contributed by atoms with E-state index in [-0.39, 0.29) is 0 Å². The highest BCUT2D eigenvalue weighted by Gasteiger charge is 2.18. The minimum Gasteiger partial charge on any atom is -0.254 e. The third kappa shape index (κ3) is 4.65. The van der Waals surface area contributed by atoms with Gasteiger partial charge in [-0.2, -0.15) is 0 Å². The molecule has 2 nitrogen and oxygen atoms in total. The molecular weight excluding hydrogens is 605 g/mol. The van der Waals surface area contributed by atoms with E-state index in [1.807, 2.05) is 12.3 Å². The van der Waals surface area contributed by atoms with Crippen LogP contribution in [-0.2, 0) is 0 Å². The molecule has 10 rings (SSSR count). The van der Waals surface area contributed by atoms with E-state index in [9.17, 15) is 0 Å². The number of pyridine rings is 2. The molecule has 232 valence electrons. The monoisotopic (exact) mass is 634 g/mol. The van der Waals surface area contributed by atoms with Crippen molar-refractivity contribution in [2.75, 3.05) is 0 Å². The Morgan fingerprint density at radius 1 is 0.300 bits per heavy atom. The predicted molar refractivity (Wildman–Crippen MR) is 211 cm³/mol. The number of hydrogen-bond acceptors (Lipinski definition) is 2. The zero-order valence-electron chi connectivity index (χ0n) is 27.2. The number of fused-ring (bicyclic) bond motifs is 6. The summed E-state index contributed by atoms with van der Waals surface area (Å²) in [6, 6.07) is 63.5. The van der Waals surface area contributed by atoms with Crippen LogP contribution in [0.3, 0.4) is 0 Å². The second-order valence-electron chi connectivity index (χ2n) is 13.0. The maximum atomic E-state index is 5.13. The van der Waals surface area contributed by atoms with Gasteiger partial charge in [0.1, 0.15) is 0 Å². The Hall–Kier alpha value is -6.64. The fourth-order valence-corrected chi connectivity index (χ4v) is 7.65. The van der Waals surface area contributed by atoms with E-state index in [1.165, 1.54) is 65.7 Å². The molecule has 8 aromatic carbocycles. The largest absolute Gasteiger partial charge is 0.254 e. The zero-order chi connectivity index (χ0) is 33.0. The van der Waals surface area contributed by atoms with Crippen LogP contribution < -0.4 is 0 Å². The molecule has 2 heteroatoms. The summed E-state index contributed by atoms with van der Waals surface area (Å²) in [5, 5.41) is 9.65. The molecule has 0 bridgehead atoms. The highest BCUT2D eigenvalue weighted by Crippen LogP contribution is 2.45. The fourth-order valence-electron chi connectivity index (χ4n) is 7.65. The molecule has 2 heterocycles. The molecule has 10 aromatic rings. The minimum absolute atomic E-state index is 0.930. The van der Waals surface area contributed by atoms with Crippen LogP contribution >= 0.6 is 0 Å². The molecule has 0 radical (unpaired) electrons. The summed E-state index contributed by atoms with van der Waals surface area (Å²) in [6.07, 6.45) is 1.84. The standard InChI is InChI=1S/C48H30N2/c1-2-9-31(10-3-1)38-24-26-42-43(30-38)45(40-14-6-7-15-41(40)46(42)39-23-16-32-11-4-5-12-37(32)29-39)34-19-17-33(18-20-34)44-27-25-36-22-21-35-13-8-28-49-47(35)48(36)50-44/h1-30H. The molecule has 0 unspecified atom stereocenters. The molecule has 0 aliphatic rings. The van der Waals surface area contributed by atoms with Crippen molar-refractivity contribution in [2.24, 2.45) is 0 Å². The fraction of sp³-hybridized carbons (Fsp3) is 0. The van der Waals surface area contributed by atoms with Crippen molar-refractivity contribution < 1.29 is 0 Å². The van der Waals surface area contributed by atoms with Crippen molar-refractivity contribution in [3.63, 3.8) is 0 Å². The van der Waals surface area contributed by atoms with Crippen LogP contribution in [-0.4, -0.2) is 9.97 Å². The van der Waals surface area contributed by atoms with Gasteiger partial charge in [0.2, 0.25) is 0 Å². The van der Waals surface area contributed by atoms with E-state index in [0.29, 0.717) is 0 Å². The summed E-state index contributed by atoms with van der Waals surface area (Å²) < 4.78 is 0. The van der Waals surface area contributed by atoms with Gasteiger partial charge in [0.05, 0.1) is 16.7 Å². The third-order valence-electron chi connectivity index (χ3n) is 10.1. The molecule has 0 amide bonds. The van der Waals surface area contributed by atoms with Crippen LogP contribution in [0.15, 0.2) is 182 Å². The van der Waals surface area contributed by atoms with Crippen molar-refractivity contribution in [3.05, 3.63) is 182 Å². The SMILES string of the molecule is c1ccc(-c2ccc3c(-c4ccc5ccccc5c4)c4ccccc4c(-c4ccc(-c5ccc6ccc7cccnc7c6n5)cc4)c3c2)cc1. The average molecular weight is 635 g/mol. The van der Waals surface area contributed by atoms with Gasteiger partial charge in [-0.15, -0.1) is 0 Å². The lowest BCUT2D eigenvalue weighted by atomic mass is 9.84. The highest BCUT2D eigenvalue weighted by molar-refractivity contribution is 6.22. The molecule has 0 saturated carbocycles. The Balaban J connectivity index is 1.20. The molecule has 0 atom stereocenters. The molecule has 0 spiro atoms. The first kappa shape index (κ1) is 28.4. The Bertz CT molecular complexity index is 2910. The van der Waals surface area contributed by atoms with E-state index >= 15 is 0 Å². The topological polar surface area (TPSA) is 25.8 Å². The summed E-state index contributed by atoms with van der Waals surface area (Å²) in [6.45, 7) is 0. The maximum absolute atomic E-state index is 5.13. The lowest BCUT2D eigenvalue weighted by Gasteiger charge is -2.19. The molecular formula is C48H30N2. The Labute approximate surface area is 290 Å². The van der Waals surface area contributed by atoms with E-state index in [1.54, 1.807) is 0 Å². The van der Waals surface area contributed by atoms with Crippen molar-refractivity contribution in [3.8, 4) is 44.6 Å². The molecule has 0 fully saturated rings. The second-order valence-corrected chi connectivity index (χ2v) is 13.0. The number of nitrogens with zero attached hydrogens (tertiary/aromatic N) is 2. The van der Waals surface area contributed by atoms with Gasteiger partial charge in [-0.05, 0) is 90.0 Å². The van der Waals surface area contributed by atoms with Crippen LogP contribution in [0.4, 0.5) is 0 Å². The second kappa shape index (κ2) is 11.5. The third-order valence-corrected chi connectivity index (χ3v) is 10.1. The molecule has 50 heavy (non-hydrogen) atoms. The summed E-state index contributed by atoms with van der Waals surface area (Å²) in [5.74, 6) is 0. The van der Waals surface area contributed by atoms with Crippen molar-refractivity contribution >= 4 is 54.1 Å². The maximum Gasteiger partial charge on any atom is 0.0972 e. The van der Waals surface area contributed by atoms with Gasteiger partial charge in [0.25, 0.3) is 0 Å². The molecule has 0 aliphatic carbocycles. The number of hydrogen-bond donors (Lipinski definition) is 0. The summed E-state index contributed by atoms with van der Waals surface area (Å²) in [5.41, 5.74) is 11.2. The minimum atomic E-state index is 0.930.